The van der Waals surface area contributed by atoms with Crippen molar-refractivity contribution in [1.29, 1.82) is 0 Å². The van der Waals surface area contributed by atoms with Crippen molar-refractivity contribution in [3.8, 4) is 17.2 Å². The zero-order chi connectivity index (χ0) is 21.9. The van der Waals surface area contributed by atoms with Gasteiger partial charge in [0.1, 0.15) is 23.9 Å². The van der Waals surface area contributed by atoms with E-state index in [9.17, 15) is 13.6 Å². The number of ether oxygens (including phenoxy) is 3. The summed E-state index contributed by atoms with van der Waals surface area (Å²) in [6, 6.07) is 23.2. The van der Waals surface area contributed by atoms with Crippen molar-refractivity contribution < 1.29 is 27.8 Å². The highest BCUT2D eigenvalue weighted by molar-refractivity contribution is 5.77. The predicted molar refractivity (Wildman–Crippen MR) is 112 cm³/mol. The molecule has 0 unspecified atom stereocenters. The average molecular weight is 427 g/mol. The minimum Gasteiger partial charge on any atom is -0.489 e. The van der Waals surface area contributed by atoms with Gasteiger partial charge in [0.25, 0.3) is 5.91 Å². The van der Waals surface area contributed by atoms with Crippen molar-refractivity contribution in [3.63, 3.8) is 0 Å². The number of carbonyl (C=O) groups is 1. The molecule has 0 aliphatic rings. The lowest BCUT2D eigenvalue weighted by Gasteiger charge is -2.10. The summed E-state index contributed by atoms with van der Waals surface area (Å²) in [6.45, 7) is -2.07. The second-order valence-corrected chi connectivity index (χ2v) is 6.66. The molecule has 31 heavy (non-hydrogen) atoms. The van der Waals surface area contributed by atoms with E-state index in [0.29, 0.717) is 31.1 Å². The van der Waals surface area contributed by atoms with Crippen LogP contribution in [-0.4, -0.2) is 25.7 Å². The van der Waals surface area contributed by atoms with E-state index in [1.807, 2.05) is 30.3 Å². The number of halogens is 2. The molecule has 0 aliphatic carbocycles. The van der Waals surface area contributed by atoms with E-state index >= 15 is 0 Å². The minimum atomic E-state index is -2.84. The van der Waals surface area contributed by atoms with Gasteiger partial charge in [-0.1, -0.05) is 42.5 Å². The van der Waals surface area contributed by atoms with Crippen molar-refractivity contribution >= 4 is 5.91 Å². The van der Waals surface area contributed by atoms with Gasteiger partial charge in [-0.25, -0.2) is 0 Å². The molecule has 0 heterocycles. The van der Waals surface area contributed by atoms with Crippen LogP contribution >= 0.6 is 0 Å². The molecule has 0 fully saturated rings. The molecule has 0 radical (unpaired) electrons. The Morgan fingerprint density at radius 2 is 1.39 bits per heavy atom. The van der Waals surface area contributed by atoms with Crippen LogP contribution in [0.2, 0.25) is 0 Å². The molecule has 3 rings (SSSR count). The second-order valence-electron chi connectivity index (χ2n) is 6.66. The Kier molecular flexibility index (Phi) is 8.22. The number of carbonyl (C=O) groups excluding carboxylic acids is 1. The van der Waals surface area contributed by atoms with E-state index < -0.39 is 6.61 Å². The first-order valence-electron chi connectivity index (χ1n) is 9.78. The van der Waals surface area contributed by atoms with E-state index in [-0.39, 0.29) is 18.3 Å². The Labute approximate surface area is 179 Å². The van der Waals surface area contributed by atoms with Gasteiger partial charge in [-0.2, -0.15) is 8.78 Å². The summed E-state index contributed by atoms with van der Waals surface area (Å²) in [5, 5.41) is 2.76. The minimum absolute atomic E-state index is 0.104. The summed E-state index contributed by atoms with van der Waals surface area (Å²) in [5.74, 6) is 1.14. The second kappa shape index (κ2) is 11.5. The highest BCUT2D eigenvalue weighted by Gasteiger charge is 2.05. The summed E-state index contributed by atoms with van der Waals surface area (Å²) in [6.07, 6.45) is 0.564. The number of hydrogen-bond acceptors (Lipinski definition) is 4. The molecule has 1 amide bonds. The molecule has 3 aromatic carbocycles. The van der Waals surface area contributed by atoms with Crippen LogP contribution in [-0.2, 0) is 17.8 Å². The van der Waals surface area contributed by atoms with Crippen LogP contribution in [0.25, 0.3) is 0 Å². The first-order valence-corrected chi connectivity index (χ1v) is 9.78. The maximum absolute atomic E-state index is 12.1. The zero-order valence-electron chi connectivity index (χ0n) is 16.8. The van der Waals surface area contributed by atoms with Gasteiger partial charge in [-0.3, -0.25) is 4.79 Å². The number of hydrogen-bond donors (Lipinski definition) is 1. The van der Waals surface area contributed by atoms with Crippen molar-refractivity contribution in [3.05, 3.63) is 90.0 Å². The molecule has 7 heteroatoms. The molecule has 0 atom stereocenters. The van der Waals surface area contributed by atoms with Crippen LogP contribution in [0.5, 0.6) is 17.2 Å². The Hall–Kier alpha value is -3.61. The van der Waals surface area contributed by atoms with Gasteiger partial charge in [0.15, 0.2) is 6.61 Å². The Balaban J connectivity index is 1.33. The van der Waals surface area contributed by atoms with Crippen LogP contribution < -0.4 is 19.5 Å². The van der Waals surface area contributed by atoms with Crippen molar-refractivity contribution in [2.45, 2.75) is 19.6 Å². The van der Waals surface area contributed by atoms with E-state index in [0.717, 1.165) is 11.1 Å². The van der Waals surface area contributed by atoms with Crippen LogP contribution in [0.15, 0.2) is 78.9 Å². The monoisotopic (exact) mass is 427 g/mol. The van der Waals surface area contributed by atoms with Gasteiger partial charge in [0, 0.05) is 6.54 Å². The van der Waals surface area contributed by atoms with E-state index in [1.165, 1.54) is 12.1 Å². The van der Waals surface area contributed by atoms with E-state index in [1.54, 1.807) is 36.4 Å². The maximum Gasteiger partial charge on any atom is 0.387 e. The largest absolute Gasteiger partial charge is 0.489 e. The zero-order valence-corrected chi connectivity index (χ0v) is 16.8. The Morgan fingerprint density at radius 3 is 2.03 bits per heavy atom. The smallest absolute Gasteiger partial charge is 0.387 e. The lowest BCUT2D eigenvalue weighted by atomic mass is 10.1. The normalized spacial score (nSPS) is 10.5. The first-order chi connectivity index (χ1) is 15.1. The van der Waals surface area contributed by atoms with Gasteiger partial charge >= 0.3 is 6.61 Å². The fourth-order valence-electron chi connectivity index (χ4n) is 2.76. The third-order valence-electron chi connectivity index (χ3n) is 4.33. The number of alkyl halides is 2. The molecule has 5 nitrogen and oxygen atoms in total. The fourth-order valence-corrected chi connectivity index (χ4v) is 2.76. The molecule has 0 bridgehead atoms. The summed E-state index contributed by atoms with van der Waals surface area (Å²) in [4.78, 5) is 11.9. The highest BCUT2D eigenvalue weighted by Crippen LogP contribution is 2.19. The average Bonchev–Trinajstić information content (AvgIpc) is 2.78. The van der Waals surface area contributed by atoms with Gasteiger partial charge in [-0.15, -0.1) is 0 Å². The van der Waals surface area contributed by atoms with E-state index in [4.69, 9.17) is 9.47 Å². The highest BCUT2D eigenvalue weighted by atomic mass is 19.3. The lowest BCUT2D eigenvalue weighted by molar-refractivity contribution is -0.123. The quantitative estimate of drug-likeness (QED) is 0.486. The van der Waals surface area contributed by atoms with Crippen molar-refractivity contribution in [2.75, 3.05) is 13.2 Å². The molecule has 0 saturated carbocycles. The van der Waals surface area contributed by atoms with Gasteiger partial charge in [-0.05, 0) is 53.9 Å². The molecule has 162 valence electrons. The van der Waals surface area contributed by atoms with E-state index in [2.05, 4.69) is 10.1 Å². The van der Waals surface area contributed by atoms with Crippen LogP contribution in [0.4, 0.5) is 8.78 Å². The summed E-state index contributed by atoms with van der Waals surface area (Å²) in [7, 11) is 0. The summed E-state index contributed by atoms with van der Waals surface area (Å²) in [5.41, 5.74) is 1.98. The SMILES string of the molecule is O=C(COc1ccc(OCc2ccccc2)cc1)NCCc1ccc(OC(F)F)cc1. The molecule has 0 aromatic heterocycles. The number of benzene rings is 3. The van der Waals surface area contributed by atoms with Crippen LogP contribution in [0, 0.1) is 0 Å². The number of amides is 1. The van der Waals surface area contributed by atoms with Crippen LogP contribution in [0.3, 0.4) is 0 Å². The third kappa shape index (κ3) is 7.97. The first kappa shape index (κ1) is 22.1. The molecule has 1 N–H and O–H groups in total. The molecule has 3 aromatic rings. The van der Waals surface area contributed by atoms with Gasteiger partial charge < -0.3 is 19.5 Å². The standard InChI is InChI=1S/C24H23F2NO4/c25-24(26)31-22-8-6-18(7-9-22)14-15-27-23(28)17-30-21-12-10-20(11-13-21)29-16-19-4-2-1-3-5-19/h1-13,24H,14-17H2,(H,27,28). The van der Waals surface area contributed by atoms with Crippen molar-refractivity contribution in [2.24, 2.45) is 0 Å². The fraction of sp³-hybridized carbons (Fsp3) is 0.208. The van der Waals surface area contributed by atoms with Gasteiger partial charge in [0.05, 0.1) is 0 Å². The maximum atomic E-state index is 12.1. The third-order valence-corrected chi connectivity index (χ3v) is 4.33. The van der Waals surface area contributed by atoms with Crippen LogP contribution in [0.1, 0.15) is 11.1 Å². The predicted octanol–water partition coefficient (Wildman–Crippen LogP) is 4.60. The van der Waals surface area contributed by atoms with Gasteiger partial charge in [0.2, 0.25) is 0 Å². The summed E-state index contributed by atoms with van der Waals surface area (Å²) >= 11 is 0. The molecular formula is C24H23F2NO4. The number of rotatable bonds is 11. The Bertz CT molecular complexity index is 932. The molecule has 0 aliphatic heterocycles. The topological polar surface area (TPSA) is 56.8 Å². The number of nitrogens with one attached hydrogen (secondary N) is 1. The molecular weight excluding hydrogens is 404 g/mol. The molecule has 0 saturated heterocycles. The Morgan fingerprint density at radius 1 is 0.774 bits per heavy atom. The lowest BCUT2D eigenvalue weighted by Crippen LogP contribution is -2.30. The molecule has 0 spiro atoms. The summed E-state index contributed by atoms with van der Waals surface area (Å²) < 4.78 is 39.8. The van der Waals surface area contributed by atoms with Crippen molar-refractivity contribution in [1.82, 2.24) is 5.32 Å².